The van der Waals surface area contributed by atoms with Crippen LogP contribution in [0.4, 0.5) is 8.78 Å². The van der Waals surface area contributed by atoms with Gasteiger partial charge in [0, 0.05) is 17.5 Å². The smallest absolute Gasteiger partial charge is 0.164 e. The number of hydrogen-bond acceptors (Lipinski definition) is 3. The minimum Gasteiger partial charge on any atom is -0.271 e. The molecular weight excluding hydrogens is 248 g/mol. The van der Waals surface area contributed by atoms with Crippen molar-refractivity contribution >= 4 is 0 Å². The van der Waals surface area contributed by atoms with Gasteiger partial charge in [-0.05, 0) is 37.1 Å². The summed E-state index contributed by atoms with van der Waals surface area (Å²) >= 11 is 0. The Labute approximate surface area is 110 Å². The Morgan fingerprint density at radius 1 is 1.16 bits per heavy atom. The molecule has 1 aromatic heterocycles. The fourth-order valence-electron chi connectivity index (χ4n) is 2.00. The Morgan fingerprint density at radius 2 is 1.89 bits per heavy atom. The zero-order valence-corrected chi connectivity index (χ0v) is 10.7. The zero-order valence-electron chi connectivity index (χ0n) is 10.7. The van der Waals surface area contributed by atoms with E-state index in [1.807, 2.05) is 6.92 Å². The zero-order chi connectivity index (χ0) is 14.0. The minimum atomic E-state index is -0.877. The molecule has 0 saturated heterocycles. The van der Waals surface area contributed by atoms with Crippen molar-refractivity contribution in [1.29, 1.82) is 0 Å². The van der Waals surface area contributed by atoms with Gasteiger partial charge in [-0.3, -0.25) is 10.8 Å². The molecule has 2 rings (SSSR count). The van der Waals surface area contributed by atoms with Crippen molar-refractivity contribution in [2.45, 2.75) is 19.9 Å². The second kappa shape index (κ2) is 5.42. The first-order valence-corrected chi connectivity index (χ1v) is 5.87. The highest BCUT2D eigenvalue weighted by atomic mass is 19.2. The van der Waals surface area contributed by atoms with E-state index in [1.165, 1.54) is 19.1 Å². The molecule has 100 valence electrons. The third-order valence-electron chi connectivity index (χ3n) is 3.04. The molecule has 1 atom stereocenters. The highest BCUT2D eigenvalue weighted by Gasteiger charge is 2.20. The third kappa shape index (κ3) is 2.62. The molecule has 0 aliphatic rings. The van der Waals surface area contributed by atoms with Crippen molar-refractivity contribution in [2.75, 3.05) is 0 Å². The van der Waals surface area contributed by atoms with Crippen LogP contribution in [0.2, 0.25) is 0 Å². The number of pyridine rings is 1. The van der Waals surface area contributed by atoms with Gasteiger partial charge >= 0.3 is 0 Å². The standard InChI is InChI=1S/C14H15F2N3/c1-8-3-4-11(13(16)12(8)15)14(19-17)10-5-6-18-9(2)7-10/h3-7,14,19H,17H2,1-2H3. The van der Waals surface area contributed by atoms with Gasteiger partial charge in [0.15, 0.2) is 11.6 Å². The van der Waals surface area contributed by atoms with Crippen molar-refractivity contribution < 1.29 is 8.78 Å². The summed E-state index contributed by atoms with van der Waals surface area (Å²) in [6.45, 7) is 3.34. The predicted molar refractivity (Wildman–Crippen MR) is 69.2 cm³/mol. The molecule has 0 aliphatic carbocycles. The van der Waals surface area contributed by atoms with Gasteiger partial charge in [0.1, 0.15) is 0 Å². The number of halogens is 2. The average Bonchev–Trinajstić information content (AvgIpc) is 2.40. The van der Waals surface area contributed by atoms with Crippen molar-refractivity contribution in [3.63, 3.8) is 0 Å². The Kier molecular flexibility index (Phi) is 3.87. The van der Waals surface area contributed by atoms with Crippen molar-refractivity contribution in [2.24, 2.45) is 5.84 Å². The molecule has 1 unspecified atom stereocenters. The number of nitrogens with two attached hydrogens (primary N) is 1. The van der Waals surface area contributed by atoms with E-state index in [0.717, 1.165) is 11.3 Å². The topological polar surface area (TPSA) is 50.9 Å². The van der Waals surface area contributed by atoms with Crippen LogP contribution in [0, 0.1) is 25.5 Å². The first-order valence-electron chi connectivity index (χ1n) is 5.87. The summed E-state index contributed by atoms with van der Waals surface area (Å²) < 4.78 is 27.6. The van der Waals surface area contributed by atoms with Gasteiger partial charge < -0.3 is 0 Å². The largest absolute Gasteiger partial charge is 0.271 e. The third-order valence-corrected chi connectivity index (χ3v) is 3.04. The van der Waals surface area contributed by atoms with Crippen LogP contribution in [0.1, 0.15) is 28.4 Å². The molecule has 0 saturated carbocycles. The quantitative estimate of drug-likeness (QED) is 0.661. The van der Waals surface area contributed by atoms with Crippen molar-refractivity contribution in [3.8, 4) is 0 Å². The Balaban J connectivity index is 2.51. The lowest BCUT2D eigenvalue weighted by molar-refractivity contribution is 0.478. The first-order chi connectivity index (χ1) is 9.04. The lowest BCUT2D eigenvalue weighted by Crippen LogP contribution is -2.30. The van der Waals surface area contributed by atoms with Gasteiger partial charge in [-0.25, -0.2) is 14.2 Å². The molecule has 19 heavy (non-hydrogen) atoms. The van der Waals surface area contributed by atoms with E-state index in [4.69, 9.17) is 5.84 Å². The molecule has 1 heterocycles. The van der Waals surface area contributed by atoms with Gasteiger partial charge in [-0.2, -0.15) is 0 Å². The maximum absolute atomic E-state index is 14.0. The van der Waals surface area contributed by atoms with E-state index in [1.54, 1.807) is 18.3 Å². The maximum atomic E-state index is 14.0. The summed E-state index contributed by atoms with van der Waals surface area (Å²) in [4.78, 5) is 4.07. The SMILES string of the molecule is Cc1cc(C(NN)c2ccc(C)c(F)c2F)ccn1. The summed E-state index contributed by atoms with van der Waals surface area (Å²) in [5.41, 5.74) is 4.48. The molecule has 1 aromatic carbocycles. The molecule has 5 heteroatoms. The monoisotopic (exact) mass is 263 g/mol. The highest BCUT2D eigenvalue weighted by Crippen LogP contribution is 2.26. The van der Waals surface area contributed by atoms with Crippen LogP contribution in [0.25, 0.3) is 0 Å². The van der Waals surface area contributed by atoms with Crippen LogP contribution in [0.5, 0.6) is 0 Å². The molecule has 0 fully saturated rings. The van der Waals surface area contributed by atoms with Crippen LogP contribution >= 0.6 is 0 Å². The van der Waals surface area contributed by atoms with Gasteiger partial charge in [-0.15, -0.1) is 0 Å². The number of aryl methyl sites for hydroxylation is 2. The van der Waals surface area contributed by atoms with Gasteiger partial charge in [0.05, 0.1) is 6.04 Å². The van der Waals surface area contributed by atoms with Gasteiger partial charge in [0.25, 0.3) is 0 Å². The fraction of sp³-hybridized carbons (Fsp3) is 0.214. The minimum absolute atomic E-state index is 0.177. The molecule has 0 aliphatic heterocycles. The maximum Gasteiger partial charge on any atom is 0.164 e. The average molecular weight is 263 g/mol. The first kappa shape index (κ1) is 13.6. The van der Waals surface area contributed by atoms with E-state index in [-0.39, 0.29) is 11.1 Å². The number of rotatable bonds is 3. The van der Waals surface area contributed by atoms with Crippen LogP contribution in [0.15, 0.2) is 30.5 Å². The summed E-state index contributed by atoms with van der Waals surface area (Å²) in [7, 11) is 0. The summed E-state index contributed by atoms with van der Waals surface area (Å²) in [5, 5.41) is 0. The molecule has 0 amide bonds. The number of benzene rings is 1. The lowest BCUT2D eigenvalue weighted by Gasteiger charge is -2.18. The van der Waals surface area contributed by atoms with Crippen LogP contribution in [0.3, 0.4) is 0 Å². The molecule has 3 N–H and O–H groups in total. The molecular formula is C14H15F2N3. The molecule has 2 aromatic rings. The van der Waals surface area contributed by atoms with Crippen LogP contribution in [-0.4, -0.2) is 4.98 Å². The number of hydrazine groups is 1. The highest BCUT2D eigenvalue weighted by molar-refractivity contribution is 5.35. The summed E-state index contributed by atoms with van der Waals surface area (Å²) in [6, 6.07) is 5.95. The van der Waals surface area contributed by atoms with E-state index in [9.17, 15) is 8.78 Å². The van der Waals surface area contributed by atoms with E-state index >= 15 is 0 Å². The van der Waals surface area contributed by atoms with E-state index in [0.29, 0.717) is 0 Å². The molecule has 3 nitrogen and oxygen atoms in total. The predicted octanol–water partition coefficient (Wildman–Crippen LogP) is 2.53. The van der Waals surface area contributed by atoms with E-state index < -0.39 is 17.7 Å². The normalized spacial score (nSPS) is 12.5. The molecule has 0 bridgehead atoms. The van der Waals surface area contributed by atoms with Crippen molar-refractivity contribution in [1.82, 2.24) is 10.4 Å². The lowest BCUT2D eigenvalue weighted by atomic mass is 9.97. The number of aromatic nitrogens is 1. The Morgan fingerprint density at radius 3 is 2.53 bits per heavy atom. The second-order valence-corrected chi connectivity index (χ2v) is 4.43. The number of nitrogens with zero attached hydrogens (tertiary/aromatic N) is 1. The molecule has 0 spiro atoms. The summed E-state index contributed by atoms with van der Waals surface area (Å²) in [6.07, 6.45) is 1.61. The number of hydrogen-bond donors (Lipinski definition) is 2. The summed E-state index contributed by atoms with van der Waals surface area (Å²) in [5.74, 6) is 3.76. The fourth-order valence-corrected chi connectivity index (χ4v) is 2.00. The number of nitrogens with one attached hydrogen (secondary N) is 1. The Bertz CT molecular complexity index is 599. The van der Waals surface area contributed by atoms with Crippen molar-refractivity contribution in [3.05, 3.63) is 64.5 Å². The van der Waals surface area contributed by atoms with E-state index in [2.05, 4.69) is 10.4 Å². The van der Waals surface area contributed by atoms with Crippen LogP contribution in [-0.2, 0) is 0 Å². The molecule has 0 radical (unpaired) electrons. The van der Waals surface area contributed by atoms with Gasteiger partial charge in [0.2, 0.25) is 0 Å². The second-order valence-electron chi connectivity index (χ2n) is 4.43. The van der Waals surface area contributed by atoms with Crippen LogP contribution < -0.4 is 11.3 Å². The van der Waals surface area contributed by atoms with Gasteiger partial charge in [-0.1, -0.05) is 12.1 Å². The Hall–Kier alpha value is -1.85.